The second-order valence-corrected chi connectivity index (χ2v) is 8.11. The lowest BCUT2D eigenvalue weighted by Gasteiger charge is -2.42. The highest BCUT2D eigenvalue weighted by Gasteiger charge is 2.34. The first-order chi connectivity index (χ1) is 9.83. The standard InChI is InChI=1S/C18H39N3/c1-16(2)19-14-18(10-8-17(3)9-11-18)15-21(6)13-7-12-20(4)5/h16-17,19H,7-15H2,1-6H3. The molecule has 0 saturated heterocycles. The molecule has 1 saturated carbocycles. The van der Waals surface area contributed by atoms with E-state index in [0.29, 0.717) is 11.5 Å². The van der Waals surface area contributed by atoms with Crippen LogP contribution in [0.3, 0.4) is 0 Å². The molecule has 0 aromatic rings. The van der Waals surface area contributed by atoms with Crippen LogP contribution in [0.2, 0.25) is 0 Å². The van der Waals surface area contributed by atoms with Crippen molar-refractivity contribution in [3.05, 3.63) is 0 Å². The van der Waals surface area contributed by atoms with Gasteiger partial charge in [0.1, 0.15) is 0 Å². The summed E-state index contributed by atoms with van der Waals surface area (Å²) < 4.78 is 0. The van der Waals surface area contributed by atoms with Crippen LogP contribution in [-0.4, -0.2) is 63.2 Å². The van der Waals surface area contributed by atoms with Crippen LogP contribution >= 0.6 is 0 Å². The topological polar surface area (TPSA) is 18.5 Å². The molecule has 3 nitrogen and oxygen atoms in total. The molecule has 0 aliphatic heterocycles. The van der Waals surface area contributed by atoms with Gasteiger partial charge in [0, 0.05) is 19.1 Å². The maximum atomic E-state index is 3.72. The van der Waals surface area contributed by atoms with Crippen LogP contribution in [0.1, 0.15) is 52.9 Å². The van der Waals surface area contributed by atoms with Crippen LogP contribution in [0.5, 0.6) is 0 Å². The van der Waals surface area contributed by atoms with Crippen molar-refractivity contribution in [1.29, 1.82) is 0 Å². The number of hydrogen-bond acceptors (Lipinski definition) is 3. The van der Waals surface area contributed by atoms with E-state index in [4.69, 9.17) is 0 Å². The Morgan fingerprint density at radius 2 is 1.71 bits per heavy atom. The van der Waals surface area contributed by atoms with Gasteiger partial charge >= 0.3 is 0 Å². The molecule has 1 fully saturated rings. The smallest absolute Gasteiger partial charge is 0.00471 e. The molecule has 1 aliphatic carbocycles. The summed E-state index contributed by atoms with van der Waals surface area (Å²) in [5.74, 6) is 0.927. The van der Waals surface area contributed by atoms with E-state index in [1.165, 1.54) is 58.3 Å². The number of nitrogens with one attached hydrogen (secondary N) is 1. The molecule has 0 atom stereocenters. The van der Waals surface area contributed by atoms with Gasteiger partial charge in [-0.25, -0.2) is 0 Å². The lowest BCUT2D eigenvalue weighted by atomic mass is 9.70. The van der Waals surface area contributed by atoms with Crippen molar-refractivity contribution in [2.75, 3.05) is 47.3 Å². The van der Waals surface area contributed by atoms with Gasteiger partial charge in [-0.2, -0.15) is 0 Å². The van der Waals surface area contributed by atoms with Crippen LogP contribution in [0.15, 0.2) is 0 Å². The van der Waals surface area contributed by atoms with E-state index in [1.54, 1.807) is 0 Å². The van der Waals surface area contributed by atoms with Crippen LogP contribution in [0.25, 0.3) is 0 Å². The highest BCUT2D eigenvalue weighted by Crippen LogP contribution is 2.39. The fourth-order valence-electron chi connectivity index (χ4n) is 3.49. The quantitative estimate of drug-likeness (QED) is 0.705. The second-order valence-electron chi connectivity index (χ2n) is 8.11. The van der Waals surface area contributed by atoms with Crippen molar-refractivity contribution < 1.29 is 0 Å². The zero-order valence-electron chi connectivity index (χ0n) is 15.4. The van der Waals surface area contributed by atoms with Crippen molar-refractivity contribution in [3.63, 3.8) is 0 Å². The Hall–Kier alpha value is -0.120. The van der Waals surface area contributed by atoms with Gasteiger partial charge < -0.3 is 15.1 Å². The summed E-state index contributed by atoms with van der Waals surface area (Å²) in [6.07, 6.45) is 6.88. The van der Waals surface area contributed by atoms with Gasteiger partial charge in [-0.15, -0.1) is 0 Å². The highest BCUT2D eigenvalue weighted by molar-refractivity contribution is 4.89. The fraction of sp³-hybridized carbons (Fsp3) is 1.00. The molecule has 3 heteroatoms. The summed E-state index contributed by atoms with van der Waals surface area (Å²) in [5, 5.41) is 3.72. The van der Waals surface area contributed by atoms with Gasteiger partial charge in [0.2, 0.25) is 0 Å². The summed E-state index contributed by atoms with van der Waals surface area (Å²) >= 11 is 0. The van der Waals surface area contributed by atoms with Crippen molar-refractivity contribution in [2.45, 2.75) is 58.9 Å². The summed E-state index contributed by atoms with van der Waals surface area (Å²) in [5.41, 5.74) is 0.504. The summed E-state index contributed by atoms with van der Waals surface area (Å²) in [6.45, 7) is 11.8. The zero-order chi connectivity index (χ0) is 15.9. The van der Waals surface area contributed by atoms with Crippen molar-refractivity contribution in [2.24, 2.45) is 11.3 Å². The number of nitrogens with zero attached hydrogens (tertiary/aromatic N) is 2. The van der Waals surface area contributed by atoms with Crippen LogP contribution in [-0.2, 0) is 0 Å². The second kappa shape index (κ2) is 9.12. The lowest BCUT2D eigenvalue weighted by Crippen LogP contribution is -2.47. The molecule has 0 aromatic heterocycles. The van der Waals surface area contributed by atoms with Crippen LogP contribution < -0.4 is 5.32 Å². The molecule has 0 unspecified atom stereocenters. The van der Waals surface area contributed by atoms with E-state index in [-0.39, 0.29) is 0 Å². The average Bonchev–Trinajstić information content (AvgIpc) is 2.39. The Balaban J connectivity index is 2.48. The van der Waals surface area contributed by atoms with Gasteiger partial charge in [-0.05, 0) is 64.8 Å². The molecule has 1 N–H and O–H groups in total. The van der Waals surface area contributed by atoms with Crippen molar-refractivity contribution in [3.8, 4) is 0 Å². The lowest BCUT2D eigenvalue weighted by molar-refractivity contribution is 0.0952. The molecular formula is C18H39N3. The molecule has 0 spiro atoms. The summed E-state index contributed by atoms with van der Waals surface area (Å²) in [4.78, 5) is 4.85. The largest absolute Gasteiger partial charge is 0.314 e. The van der Waals surface area contributed by atoms with E-state index in [0.717, 1.165) is 5.92 Å². The normalized spacial score (nSPS) is 27.0. The van der Waals surface area contributed by atoms with E-state index >= 15 is 0 Å². The Morgan fingerprint density at radius 1 is 1.10 bits per heavy atom. The third kappa shape index (κ3) is 7.62. The molecule has 0 aromatic carbocycles. The first-order valence-corrected chi connectivity index (χ1v) is 8.90. The van der Waals surface area contributed by atoms with Crippen molar-refractivity contribution >= 4 is 0 Å². The molecule has 21 heavy (non-hydrogen) atoms. The highest BCUT2D eigenvalue weighted by atomic mass is 15.1. The van der Waals surface area contributed by atoms with E-state index in [1.807, 2.05) is 0 Å². The van der Waals surface area contributed by atoms with Gasteiger partial charge in [-0.3, -0.25) is 0 Å². The monoisotopic (exact) mass is 297 g/mol. The first-order valence-electron chi connectivity index (χ1n) is 8.90. The van der Waals surface area contributed by atoms with Gasteiger partial charge in [0.25, 0.3) is 0 Å². The Kier molecular flexibility index (Phi) is 8.22. The Morgan fingerprint density at radius 3 is 2.24 bits per heavy atom. The summed E-state index contributed by atoms with van der Waals surface area (Å²) in [6, 6.07) is 0.597. The van der Waals surface area contributed by atoms with Gasteiger partial charge in [-0.1, -0.05) is 33.6 Å². The molecule has 0 amide bonds. The molecule has 0 radical (unpaired) electrons. The third-order valence-corrected chi connectivity index (χ3v) is 4.97. The molecule has 0 bridgehead atoms. The predicted molar refractivity (Wildman–Crippen MR) is 93.9 cm³/mol. The van der Waals surface area contributed by atoms with Crippen LogP contribution in [0.4, 0.5) is 0 Å². The molecular weight excluding hydrogens is 258 g/mol. The van der Waals surface area contributed by atoms with Gasteiger partial charge in [0.05, 0.1) is 0 Å². The Labute approximate surface area is 133 Å². The van der Waals surface area contributed by atoms with E-state index in [2.05, 4.69) is 57.0 Å². The van der Waals surface area contributed by atoms with Gasteiger partial charge in [0.15, 0.2) is 0 Å². The molecule has 126 valence electrons. The zero-order valence-corrected chi connectivity index (χ0v) is 15.4. The molecule has 0 heterocycles. The van der Waals surface area contributed by atoms with E-state index in [9.17, 15) is 0 Å². The maximum absolute atomic E-state index is 3.72. The van der Waals surface area contributed by atoms with Crippen LogP contribution in [0, 0.1) is 11.3 Å². The van der Waals surface area contributed by atoms with E-state index < -0.39 is 0 Å². The predicted octanol–water partition coefficient (Wildman–Crippen LogP) is 3.06. The summed E-state index contributed by atoms with van der Waals surface area (Å²) in [7, 11) is 6.64. The minimum absolute atomic E-state index is 0.504. The minimum atomic E-state index is 0.504. The average molecular weight is 298 g/mol. The SMILES string of the molecule is CC1CCC(CNC(C)C)(CN(C)CCCN(C)C)CC1. The maximum Gasteiger partial charge on any atom is 0.00471 e. The first kappa shape index (κ1) is 18.9. The van der Waals surface area contributed by atoms with Crippen molar-refractivity contribution in [1.82, 2.24) is 15.1 Å². The Bertz CT molecular complexity index is 268. The fourth-order valence-corrected chi connectivity index (χ4v) is 3.49. The molecule has 1 aliphatic rings. The number of hydrogen-bond donors (Lipinski definition) is 1. The molecule has 1 rings (SSSR count). The number of rotatable bonds is 9. The third-order valence-electron chi connectivity index (χ3n) is 4.97. The minimum Gasteiger partial charge on any atom is -0.314 e.